The molecule has 1 rings (SSSR count). The minimum Gasteiger partial charge on any atom is -0.288 e. The number of hydrogen-bond acceptors (Lipinski definition) is 3. The Hall–Kier alpha value is -0.560. The summed E-state index contributed by atoms with van der Waals surface area (Å²) in [6.07, 6.45) is 7.09. The average molecular weight is 215 g/mol. The first-order valence-electron chi connectivity index (χ1n) is 3.90. The number of nitrogens with zero attached hydrogens (tertiary/aromatic N) is 2. The lowest BCUT2D eigenvalue weighted by molar-refractivity contribution is 0.299. The van der Waals surface area contributed by atoms with Crippen molar-refractivity contribution in [1.29, 1.82) is 0 Å². The maximum Gasteiger partial charge on any atom is 0.183 e. The van der Waals surface area contributed by atoms with E-state index in [9.17, 15) is 0 Å². The molecule has 0 radical (unpaired) electrons. The molecule has 1 heterocycles. The van der Waals surface area contributed by atoms with Crippen molar-refractivity contribution in [1.82, 2.24) is 9.88 Å². The molecule has 0 aromatic carbocycles. The number of hydrogen-bond donors (Lipinski definition) is 0. The summed E-state index contributed by atoms with van der Waals surface area (Å²) in [6, 6.07) is 0.140. The van der Waals surface area contributed by atoms with Crippen LogP contribution in [-0.4, -0.2) is 23.0 Å². The highest BCUT2D eigenvalue weighted by molar-refractivity contribution is 7.15. The summed E-state index contributed by atoms with van der Waals surface area (Å²) >= 11 is 7.19. The van der Waals surface area contributed by atoms with Crippen LogP contribution in [0.5, 0.6) is 0 Å². The quantitative estimate of drug-likeness (QED) is 0.718. The standard InChI is InChI=1S/C9H11ClN2S/c1-4-7(2)12(3)6-8-5-11-9(10)13-8/h1,5,7H,6H2,2-3H3. The molecule has 1 unspecified atom stereocenters. The molecule has 0 fully saturated rings. The SMILES string of the molecule is C#CC(C)N(C)Cc1cnc(Cl)s1. The normalized spacial score (nSPS) is 12.8. The highest BCUT2D eigenvalue weighted by Crippen LogP contribution is 2.19. The molecule has 0 saturated heterocycles. The zero-order valence-corrected chi connectivity index (χ0v) is 9.19. The van der Waals surface area contributed by atoms with Gasteiger partial charge in [0.25, 0.3) is 0 Å². The van der Waals surface area contributed by atoms with Crippen molar-refractivity contribution >= 4 is 22.9 Å². The van der Waals surface area contributed by atoms with Gasteiger partial charge in [-0.15, -0.1) is 17.8 Å². The second kappa shape index (κ2) is 4.61. The fraction of sp³-hybridized carbons (Fsp3) is 0.444. The Balaban J connectivity index is 2.55. The van der Waals surface area contributed by atoms with E-state index in [1.54, 1.807) is 6.20 Å². The molecule has 0 amide bonds. The van der Waals surface area contributed by atoms with Crippen LogP contribution in [0.3, 0.4) is 0 Å². The van der Waals surface area contributed by atoms with Gasteiger partial charge >= 0.3 is 0 Å². The molecule has 2 nitrogen and oxygen atoms in total. The van der Waals surface area contributed by atoms with Gasteiger partial charge in [0.15, 0.2) is 4.47 Å². The smallest absolute Gasteiger partial charge is 0.183 e. The van der Waals surface area contributed by atoms with E-state index in [2.05, 4.69) is 15.8 Å². The van der Waals surface area contributed by atoms with E-state index in [1.807, 2.05) is 14.0 Å². The molecule has 0 bridgehead atoms. The van der Waals surface area contributed by atoms with Crippen LogP contribution < -0.4 is 0 Å². The first kappa shape index (κ1) is 10.5. The second-order valence-corrected chi connectivity index (χ2v) is 4.53. The van der Waals surface area contributed by atoms with Gasteiger partial charge in [-0.1, -0.05) is 17.5 Å². The first-order valence-corrected chi connectivity index (χ1v) is 5.09. The van der Waals surface area contributed by atoms with E-state index in [4.69, 9.17) is 18.0 Å². The highest BCUT2D eigenvalue weighted by Gasteiger charge is 2.08. The van der Waals surface area contributed by atoms with Gasteiger partial charge in [0.2, 0.25) is 0 Å². The number of terminal acetylenes is 1. The summed E-state index contributed by atoms with van der Waals surface area (Å²) < 4.78 is 0.580. The van der Waals surface area contributed by atoms with Gasteiger partial charge in [-0.3, -0.25) is 4.90 Å². The summed E-state index contributed by atoms with van der Waals surface area (Å²) in [5.74, 6) is 2.67. The third kappa shape index (κ3) is 3.00. The van der Waals surface area contributed by atoms with Crippen LogP contribution in [0.25, 0.3) is 0 Å². The first-order chi connectivity index (χ1) is 6.13. The number of rotatable bonds is 3. The Labute approximate surface area is 87.5 Å². The highest BCUT2D eigenvalue weighted by atomic mass is 35.5. The van der Waals surface area contributed by atoms with Gasteiger partial charge in [0.1, 0.15) is 0 Å². The van der Waals surface area contributed by atoms with Crippen molar-refractivity contribution in [3.63, 3.8) is 0 Å². The molecular formula is C9H11ClN2S. The van der Waals surface area contributed by atoms with Crippen molar-refractivity contribution in [2.75, 3.05) is 7.05 Å². The number of thiazole rings is 1. The third-order valence-electron chi connectivity index (χ3n) is 1.83. The van der Waals surface area contributed by atoms with E-state index in [1.165, 1.54) is 11.3 Å². The third-order valence-corrected chi connectivity index (χ3v) is 2.93. The number of aromatic nitrogens is 1. The topological polar surface area (TPSA) is 16.1 Å². The second-order valence-electron chi connectivity index (χ2n) is 2.84. The molecule has 4 heteroatoms. The van der Waals surface area contributed by atoms with Gasteiger partial charge in [-0.25, -0.2) is 4.98 Å². The molecule has 1 aromatic rings. The molecule has 13 heavy (non-hydrogen) atoms. The van der Waals surface area contributed by atoms with E-state index in [0.29, 0.717) is 4.47 Å². The van der Waals surface area contributed by atoms with Crippen molar-refractivity contribution in [2.45, 2.75) is 19.5 Å². The molecule has 0 spiro atoms. The summed E-state index contributed by atoms with van der Waals surface area (Å²) in [6.45, 7) is 2.79. The fourth-order valence-corrected chi connectivity index (χ4v) is 1.91. The lowest BCUT2D eigenvalue weighted by atomic mass is 10.3. The predicted molar refractivity (Wildman–Crippen MR) is 56.9 cm³/mol. The van der Waals surface area contributed by atoms with Gasteiger partial charge in [-0.05, 0) is 14.0 Å². The van der Waals surface area contributed by atoms with E-state index in [-0.39, 0.29) is 6.04 Å². The van der Waals surface area contributed by atoms with Crippen LogP contribution in [0, 0.1) is 12.3 Å². The molecular weight excluding hydrogens is 204 g/mol. The zero-order chi connectivity index (χ0) is 9.84. The van der Waals surface area contributed by atoms with Gasteiger partial charge < -0.3 is 0 Å². The summed E-state index contributed by atoms with van der Waals surface area (Å²) in [5.41, 5.74) is 0. The molecule has 1 aromatic heterocycles. The lowest BCUT2D eigenvalue weighted by Gasteiger charge is -2.18. The van der Waals surface area contributed by atoms with E-state index >= 15 is 0 Å². The molecule has 0 aliphatic heterocycles. The maximum atomic E-state index is 5.71. The van der Waals surface area contributed by atoms with Crippen LogP contribution in [0.2, 0.25) is 4.47 Å². The fourth-order valence-electron chi connectivity index (χ4n) is 0.867. The molecule has 1 atom stereocenters. The summed E-state index contributed by atoms with van der Waals surface area (Å²) in [4.78, 5) is 7.17. The minimum absolute atomic E-state index is 0.140. The molecule has 0 saturated carbocycles. The molecule has 70 valence electrons. The molecule has 0 N–H and O–H groups in total. The van der Waals surface area contributed by atoms with Crippen LogP contribution >= 0.6 is 22.9 Å². The Kier molecular flexibility index (Phi) is 3.73. The van der Waals surface area contributed by atoms with Gasteiger partial charge in [-0.2, -0.15) is 0 Å². The van der Waals surface area contributed by atoms with Crippen molar-refractivity contribution in [3.8, 4) is 12.3 Å². The zero-order valence-electron chi connectivity index (χ0n) is 7.62. The summed E-state index contributed by atoms with van der Waals surface area (Å²) in [5, 5.41) is 0. The largest absolute Gasteiger partial charge is 0.288 e. The monoisotopic (exact) mass is 214 g/mol. The predicted octanol–water partition coefficient (Wildman–Crippen LogP) is 2.25. The van der Waals surface area contributed by atoms with Crippen molar-refractivity contribution in [3.05, 3.63) is 15.5 Å². The van der Waals surface area contributed by atoms with E-state index in [0.717, 1.165) is 11.4 Å². The average Bonchev–Trinajstić information content (AvgIpc) is 2.49. The number of halogens is 1. The van der Waals surface area contributed by atoms with Crippen LogP contribution in [-0.2, 0) is 6.54 Å². The van der Waals surface area contributed by atoms with Gasteiger partial charge in [0, 0.05) is 17.6 Å². The summed E-state index contributed by atoms with van der Waals surface area (Å²) in [7, 11) is 1.98. The maximum absolute atomic E-state index is 5.71. The van der Waals surface area contributed by atoms with Crippen molar-refractivity contribution in [2.24, 2.45) is 0 Å². The Morgan fingerprint density at radius 1 is 1.85 bits per heavy atom. The van der Waals surface area contributed by atoms with Crippen molar-refractivity contribution < 1.29 is 0 Å². The minimum atomic E-state index is 0.140. The lowest BCUT2D eigenvalue weighted by Crippen LogP contribution is -2.26. The van der Waals surface area contributed by atoms with Crippen LogP contribution in [0.4, 0.5) is 0 Å². The van der Waals surface area contributed by atoms with E-state index < -0.39 is 0 Å². The van der Waals surface area contributed by atoms with Crippen LogP contribution in [0.15, 0.2) is 6.20 Å². The van der Waals surface area contributed by atoms with Gasteiger partial charge in [0.05, 0.1) is 6.04 Å². The van der Waals surface area contributed by atoms with Crippen LogP contribution in [0.1, 0.15) is 11.8 Å². The molecule has 0 aliphatic carbocycles. The Bertz CT molecular complexity index is 316. The Morgan fingerprint density at radius 2 is 2.54 bits per heavy atom. The molecule has 0 aliphatic rings. The Morgan fingerprint density at radius 3 is 3.00 bits per heavy atom.